The Hall–Kier alpha value is -1.62. The fourth-order valence-corrected chi connectivity index (χ4v) is 2.01. The maximum Gasteiger partial charge on any atom is 0.224 e. The molecule has 2 heterocycles. The fraction of sp³-hybridized carbons (Fsp3) is 0.273. The molecule has 2 rings (SSSR count). The van der Waals surface area contributed by atoms with Gasteiger partial charge >= 0.3 is 0 Å². The molecule has 2 N–H and O–H groups in total. The van der Waals surface area contributed by atoms with Gasteiger partial charge in [0.15, 0.2) is 0 Å². The van der Waals surface area contributed by atoms with Crippen LogP contribution in [0.2, 0.25) is 0 Å². The molecule has 0 bridgehead atoms. The van der Waals surface area contributed by atoms with Crippen molar-refractivity contribution in [1.29, 1.82) is 0 Å². The van der Waals surface area contributed by atoms with E-state index < -0.39 is 0 Å². The van der Waals surface area contributed by atoms with Gasteiger partial charge in [-0.3, -0.25) is 0 Å². The number of thiophene rings is 1. The Morgan fingerprint density at radius 1 is 1.38 bits per heavy atom. The van der Waals surface area contributed by atoms with E-state index in [1.165, 1.54) is 4.88 Å². The average Bonchev–Trinajstić information content (AvgIpc) is 2.78. The summed E-state index contributed by atoms with van der Waals surface area (Å²) in [7, 11) is 1.82. The summed E-state index contributed by atoms with van der Waals surface area (Å²) in [5.41, 5.74) is 0.952. The largest absolute Gasteiger partial charge is 0.365 e. The number of anilines is 2. The monoisotopic (exact) mass is 234 g/mol. The Morgan fingerprint density at radius 2 is 2.25 bits per heavy atom. The number of aromatic nitrogens is 2. The smallest absolute Gasteiger partial charge is 0.224 e. The molecule has 2 aromatic heterocycles. The Balaban J connectivity index is 2.06. The second-order valence-corrected chi connectivity index (χ2v) is 4.43. The van der Waals surface area contributed by atoms with Gasteiger partial charge in [0.05, 0.1) is 6.54 Å². The first-order chi connectivity index (χ1) is 7.78. The lowest BCUT2D eigenvalue weighted by Gasteiger charge is -2.06. The van der Waals surface area contributed by atoms with Crippen molar-refractivity contribution in [1.82, 2.24) is 9.97 Å². The second-order valence-electron chi connectivity index (χ2n) is 3.40. The average molecular weight is 234 g/mol. The van der Waals surface area contributed by atoms with Crippen molar-refractivity contribution in [3.8, 4) is 0 Å². The summed E-state index contributed by atoms with van der Waals surface area (Å²) in [4.78, 5) is 9.85. The number of nitrogens with zero attached hydrogens (tertiary/aromatic N) is 2. The highest BCUT2D eigenvalue weighted by Gasteiger charge is 2.00. The lowest BCUT2D eigenvalue weighted by Crippen LogP contribution is -2.04. The van der Waals surface area contributed by atoms with Gasteiger partial charge in [-0.25, -0.2) is 4.98 Å². The lowest BCUT2D eigenvalue weighted by atomic mass is 10.4. The van der Waals surface area contributed by atoms with Crippen LogP contribution in [0.5, 0.6) is 0 Å². The van der Waals surface area contributed by atoms with Gasteiger partial charge in [-0.2, -0.15) is 4.98 Å². The van der Waals surface area contributed by atoms with Crippen molar-refractivity contribution in [3.05, 3.63) is 34.2 Å². The van der Waals surface area contributed by atoms with Crippen LogP contribution in [0.1, 0.15) is 10.6 Å². The first-order valence-corrected chi connectivity index (χ1v) is 5.95. The maximum absolute atomic E-state index is 4.32. The Kier molecular flexibility index (Phi) is 3.36. The van der Waals surface area contributed by atoms with E-state index in [1.54, 1.807) is 11.3 Å². The van der Waals surface area contributed by atoms with E-state index in [1.807, 2.05) is 26.1 Å². The number of aryl methyl sites for hydroxylation is 1. The molecule has 0 aliphatic rings. The van der Waals surface area contributed by atoms with Crippen LogP contribution >= 0.6 is 11.3 Å². The van der Waals surface area contributed by atoms with E-state index in [-0.39, 0.29) is 0 Å². The molecule has 0 saturated carbocycles. The van der Waals surface area contributed by atoms with Crippen LogP contribution in [-0.2, 0) is 6.54 Å². The SMILES string of the molecule is CNc1nc(C)cc(NCc2cccs2)n1. The summed E-state index contributed by atoms with van der Waals surface area (Å²) >= 11 is 1.73. The molecule has 0 aromatic carbocycles. The molecular formula is C11H14N4S. The molecule has 2 aromatic rings. The minimum atomic E-state index is 0.647. The van der Waals surface area contributed by atoms with E-state index in [9.17, 15) is 0 Å². The first-order valence-electron chi connectivity index (χ1n) is 5.07. The van der Waals surface area contributed by atoms with Crippen LogP contribution in [0.25, 0.3) is 0 Å². The molecule has 5 heteroatoms. The summed E-state index contributed by atoms with van der Waals surface area (Å²) in [6.45, 7) is 2.76. The van der Waals surface area contributed by atoms with Crippen LogP contribution in [-0.4, -0.2) is 17.0 Å². The van der Waals surface area contributed by atoms with Crippen LogP contribution in [0, 0.1) is 6.92 Å². The van der Waals surface area contributed by atoms with Gasteiger partial charge in [-0.05, 0) is 18.4 Å². The van der Waals surface area contributed by atoms with Gasteiger partial charge in [0.1, 0.15) is 5.82 Å². The van der Waals surface area contributed by atoms with Crippen molar-refractivity contribution < 1.29 is 0 Å². The molecule has 0 amide bonds. The molecule has 0 aliphatic carbocycles. The summed E-state index contributed by atoms with van der Waals surface area (Å²) in [5, 5.41) is 8.29. The Morgan fingerprint density at radius 3 is 2.94 bits per heavy atom. The standard InChI is InChI=1S/C11H14N4S/c1-8-6-10(15-11(12-2)14-8)13-7-9-4-3-5-16-9/h3-6H,7H2,1-2H3,(H2,12,13,14,15). The van der Waals surface area contributed by atoms with E-state index >= 15 is 0 Å². The zero-order valence-corrected chi connectivity index (χ0v) is 10.1. The van der Waals surface area contributed by atoms with E-state index in [0.29, 0.717) is 5.95 Å². The Bertz CT molecular complexity index is 453. The molecular weight excluding hydrogens is 220 g/mol. The normalized spacial score (nSPS) is 10.1. The molecule has 4 nitrogen and oxygen atoms in total. The number of nitrogens with one attached hydrogen (secondary N) is 2. The Labute approximate surface area is 98.8 Å². The fourth-order valence-electron chi connectivity index (χ4n) is 1.36. The minimum absolute atomic E-state index is 0.647. The van der Waals surface area contributed by atoms with Crippen molar-refractivity contribution >= 4 is 23.1 Å². The van der Waals surface area contributed by atoms with Crippen LogP contribution in [0.15, 0.2) is 23.6 Å². The summed E-state index contributed by atoms with van der Waals surface area (Å²) in [5.74, 6) is 1.50. The second kappa shape index (κ2) is 4.94. The zero-order chi connectivity index (χ0) is 11.4. The molecule has 84 valence electrons. The predicted octanol–water partition coefficient (Wildman–Crippen LogP) is 2.50. The van der Waals surface area contributed by atoms with Crippen molar-refractivity contribution in [2.75, 3.05) is 17.7 Å². The molecule has 0 fully saturated rings. The third-order valence-electron chi connectivity index (χ3n) is 2.10. The van der Waals surface area contributed by atoms with E-state index in [0.717, 1.165) is 18.1 Å². The number of hydrogen-bond donors (Lipinski definition) is 2. The maximum atomic E-state index is 4.32. The predicted molar refractivity (Wildman–Crippen MR) is 68.0 cm³/mol. The van der Waals surface area contributed by atoms with Crippen molar-refractivity contribution in [2.24, 2.45) is 0 Å². The van der Waals surface area contributed by atoms with Gasteiger partial charge in [0.2, 0.25) is 5.95 Å². The number of hydrogen-bond acceptors (Lipinski definition) is 5. The highest BCUT2D eigenvalue weighted by molar-refractivity contribution is 7.09. The van der Waals surface area contributed by atoms with Gasteiger partial charge in [0.25, 0.3) is 0 Å². The first kappa shape index (κ1) is 10.9. The zero-order valence-electron chi connectivity index (χ0n) is 9.32. The highest BCUT2D eigenvalue weighted by Crippen LogP contribution is 2.13. The molecule has 0 atom stereocenters. The van der Waals surface area contributed by atoms with Gasteiger partial charge in [-0.1, -0.05) is 6.07 Å². The highest BCUT2D eigenvalue weighted by atomic mass is 32.1. The quantitative estimate of drug-likeness (QED) is 0.853. The third kappa shape index (κ3) is 2.70. The van der Waals surface area contributed by atoms with Crippen LogP contribution in [0.4, 0.5) is 11.8 Å². The molecule has 0 spiro atoms. The molecule has 0 unspecified atom stereocenters. The van der Waals surface area contributed by atoms with Crippen LogP contribution < -0.4 is 10.6 Å². The third-order valence-corrected chi connectivity index (χ3v) is 2.98. The topological polar surface area (TPSA) is 49.8 Å². The van der Waals surface area contributed by atoms with Gasteiger partial charge < -0.3 is 10.6 Å². The molecule has 0 aliphatic heterocycles. The van der Waals surface area contributed by atoms with Gasteiger partial charge in [-0.15, -0.1) is 11.3 Å². The summed E-state index contributed by atoms with van der Waals surface area (Å²) in [6.07, 6.45) is 0. The molecule has 16 heavy (non-hydrogen) atoms. The van der Waals surface area contributed by atoms with E-state index in [4.69, 9.17) is 0 Å². The van der Waals surface area contributed by atoms with Gasteiger partial charge in [0, 0.05) is 23.7 Å². The summed E-state index contributed by atoms with van der Waals surface area (Å²) < 4.78 is 0. The van der Waals surface area contributed by atoms with E-state index in [2.05, 4.69) is 32.0 Å². The van der Waals surface area contributed by atoms with Crippen molar-refractivity contribution in [2.45, 2.75) is 13.5 Å². The molecule has 0 radical (unpaired) electrons. The summed E-state index contributed by atoms with van der Waals surface area (Å²) in [6, 6.07) is 6.09. The van der Waals surface area contributed by atoms with Crippen LogP contribution in [0.3, 0.4) is 0 Å². The lowest BCUT2D eigenvalue weighted by molar-refractivity contribution is 1.06. The molecule has 0 saturated heterocycles. The minimum Gasteiger partial charge on any atom is -0.365 e. The van der Waals surface area contributed by atoms with Crippen molar-refractivity contribution in [3.63, 3.8) is 0 Å². The number of rotatable bonds is 4.